The second kappa shape index (κ2) is 3.78. The molecular weight excluding hydrogens is 150 g/mol. The predicted octanol–water partition coefficient (Wildman–Crippen LogP) is 1.02. The molecule has 3 heteroatoms. The van der Waals surface area contributed by atoms with Crippen molar-refractivity contribution < 1.29 is 0 Å². The van der Waals surface area contributed by atoms with E-state index < -0.39 is 0 Å². The number of guanidine groups is 1. The van der Waals surface area contributed by atoms with Gasteiger partial charge in [-0.2, -0.15) is 0 Å². The molecule has 1 aliphatic rings. The zero-order valence-corrected chi connectivity index (χ0v) is 8.54. The average molecular weight is 169 g/mol. The fourth-order valence-corrected chi connectivity index (χ4v) is 1.57. The summed E-state index contributed by atoms with van der Waals surface area (Å²) < 4.78 is 0. The van der Waals surface area contributed by atoms with E-state index in [1.165, 1.54) is 0 Å². The highest BCUT2D eigenvalue weighted by atomic mass is 15.4. The molecule has 1 rings (SSSR count). The normalized spacial score (nSPS) is 17.1. The van der Waals surface area contributed by atoms with E-state index in [1.54, 1.807) is 0 Å². The van der Waals surface area contributed by atoms with Crippen molar-refractivity contribution >= 4 is 5.96 Å². The number of hydrogen-bond acceptors (Lipinski definition) is 3. The molecule has 12 heavy (non-hydrogen) atoms. The molecule has 0 fully saturated rings. The van der Waals surface area contributed by atoms with E-state index in [9.17, 15) is 0 Å². The lowest BCUT2D eigenvalue weighted by Gasteiger charge is -2.30. The lowest BCUT2D eigenvalue weighted by Crippen LogP contribution is -2.43. The maximum Gasteiger partial charge on any atom is 0.196 e. The molecule has 3 nitrogen and oxygen atoms in total. The summed E-state index contributed by atoms with van der Waals surface area (Å²) in [7, 11) is 2.11. The second-order valence-electron chi connectivity index (χ2n) is 3.48. The van der Waals surface area contributed by atoms with Crippen LogP contribution in [0, 0.1) is 0 Å². The third-order valence-electron chi connectivity index (χ3n) is 2.25. The minimum Gasteiger partial charge on any atom is -0.344 e. The Kier molecular flexibility index (Phi) is 2.95. The van der Waals surface area contributed by atoms with Crippen LogP contribution in [0.3, 0.4) is 0 Å². The first kappa shape index (κ1) is 9.36. The van der Waals surface area contributed by atoms with Crippen LogP contribution in [0.5, 0.6) is 0 Å². The molecule has 0 bridgehead atoms. The Labute approximate surface area is 75.1 Å². The van der Waals surface area contributed by atoms with Gasteiger partial charge in [0.05, 0.1) is 6.54 Å². The summed E-state index contributed by atoms with van der Waals surface area (Å²) in [5, 5.41) is 0. The van der Waals surface area contributed by atoms with Crippen molar-refractivity contribution in [3.8, 4) is 0 Å². The van der Waals surface area contributed by atoms with E-state index in [0.717, 1.165) is 25.6 Å². The SMILES string of the molecule is CCN(C1=NCCN1C)C(C)C. The van der Waals surface area contributed by atoms with Crippen molar-refractivity contribution in [2.75, 3.05) is 26.7 Å². The summed E-state index contributed by atoms with van der Waals surface area (Å²) in [5.41, 5.74) is 0. The summed E-state index contributed by atoms with van der Waals surface area (Å²) in [6.07, 6.45) is 0. The van der Waals surface area contributed by atoms with Gasteiger partial charge < -0.3 is 9.80 Å². The summed E-state index contributed by atoms with van der Waals surface area (Å²) >= 11 is 0. The summed E-state index contributed by atoms with van der Waals surface area (Å²) in [4.78, 5) is 9.03. The molecule has 0 saturated heterocycles. The molecule has 0 unspecified atom stereocenters. The molecule has 0 spiro atoms. The van der Waals surface area contributed by atoms with Crippen molar-refractivity contribution in [2.24, 2.45) is 4.99 Å². The molecule has 1 aliphatic heterocycles. The lowest BCUT2D eigenvalue weighted by molar-refractivity contribution is 0.324. The van der Waals surface area contributed by atoms with Crippen LogP contribution in [0.1, 0.15) is 20.8 Å². The third kappa shape index (κ3) is 1.71. The van der Waals surface area contributed by atoms with Crippen LogP contribution in [0.2, 0.25) is 0 Å². The van der Waals surface area contributed by atoms with E-state index >= 15 is 0 Å². The highest BCUT2D eigenvalue weighted by Gasteiger charge is 2.19. The van der Waals surface area contributed by atoms with Crippen LogP contribution in [-0.4, -0.2) is 48.5 Å². The monoisotopic (exact) mass is 169 g/mol. The van der Waals surface area contributed by atoms with E-state index in [1.807, 2.05) is 0 Å². The Morgan fingerprint density at radius 1 is 1.58 bits per heavy atom. The van der Waals surface area contributed by atoms with Gasteiger partial charge >= 0.3 is 0 Å². The van der Waals surface area contributed by atoms with Gasteiger partial charge in [-0.3, -0.25) is 4.99 Å². The number of rotatable bonds is 2. The van der Waals surface area contributed by atoms with Gasteiger partial charge in [-0.25, -0.2) is 0 Å². The van der Waals surface area contributed by atoms with Crippen molar-refractivity contribution in [1.82, 2.24) is 9.80 Å². The Bertz CT molecular complexity index is 175. The van der Waals surface area contributed by atoms with Crippen molar-refractivity contribution in [3.05, 3.63) is 0 Å². The topological polar surface area (TPSA) is 18.8 Å². The largest absolute Gasteiger partial charge is 0.344 e. The van der Waals surface area contributed by atoms with Gasteiger partial charge in [-0.05, 0) is 20.8 Å². The standard InChI is InChI=1S/C9H19N3/c1-5-12(8(2)3)9-10-6-7-11(9)4/h8H,5-7H2,1-4H3. The van der Waals surface area contributed by atoms with E-state index in [4.69, 9.17) is 0 Å². The van der Waals surface area contributed by atoms with E-state index in [2.05, 4.69) is 42.6 Å². The Balaban J connectivity index is 2.65. The van der Waals surface area contributed by atoms with Crippen LogP contribution >= 0.6 is 0 Å². The van der Waals surface area contributed by atoms with Crippen LogP contribution in [-0.2, 0) is 0 Å². The van der Waals surface area contributed by atoms with E-state index in [-0.39, 0.29) is 0 Å². The number of nitrogens with zero attached hydrogens (tertiary/aromatic N) is 3. The van der Waals surface area contributed by atoms with E-state index in [0.29, 0.717) is 6.04 Å². The third-order valence-corrected chi connectivity index (χ3v) is 2.25. The molecule has 0 saturated carbocycles. The molecule has 0 aromatic heterocycles. The van der Waals surface area contributed by atoms with Gasteiger partial charge in [0.25, 0.3) is 0 Å². The molecule has 0 N–H and O–H groups in total. The zero-order chi connectivity index (χ0) is 9.14. The second-order valence-corrected chi connectivity index (χ2v) is 3.48. The molecule has 70 valence electrons. The Hall–Kier alpha value is -0.730. The molecule has 0 amide bonds. The summed E-state index contributed by atoms with van der Waals surface area (Å²) in [6, 6.07) is 0.550. The molecule has 0 aromatic rings. The number of aliphatic imine (C=N–C) groups is 1. The Morgan fingerprint density at radius 2 is 2.25 bits per heavy atom. The number of hydrogen-bond donors (Lipinski definition) is 0. The van der Waals surface area contributed by atoms with Crippen molar-refractivity contribution in [2.45, 2.75) is 26.8 Å². The molecule has 1 heterocycles. The first-order valence-corrected chi connectivity index (χ1v) is 4.69. The van der Waals surface area contributed by atoms with Crippen LogP contribution in [0.4, 0.5) is 0 Å². The van der Waals surface area contributed by atoms with Crippen LogP contribution < -0.4 is 0 Å². The fourth-order valence-electron chi connectivity index (χ4n) is 1.57. The highest BCUT2D eigenvalue weighted by Crippen LogP contribution is 2.07. The first-order valence-electron chi connectivity index (χ1n) is 4.69. The Morgan fingerprint density at radius 3 is 2.58 bits per heavy atom. The quantitative estimate of drug-likeness (QED) is 0.614. The van der Waals surface area contributed by atoms with Crippen molar-refractivity contribution in [3.63, 3.8) is 0 Å². The highest BCUT2D eigenvalue weighted by molar-refractivity contribution is 5.81. The van der Waals surface area contributed by atoms with Gasteiger partial charge in [-0.15, -0.1) is 0 Å². The van der Waals surface area contributed by atoms with Crippen LogP contribution in [0.25, 0.3) is 0 Å². The number of likely N-dealkylation sites (N-methyl/N-ethyl adjacent to an activating group) is 1. The van der Waals surface area contributed by atoms with Gasteiger partial charge in [-0.1, -0.05) is 0 Å². The minimum absolute atomic E-state index is 0.550. The van der Waals surface area contributed by atoms with Gasteiger partial charge in [0, 0.05) is 26.2 Å². The maximum atomic E-state index is 4.48. The average Bonchev–Trinajstić information content (AvgIpc) is 2.38. The fraction of sp³-hybridized carbons (Fsp3) is 0.889. The molecule has 0 radical (unpaired) electrons. The lowest BCUT2D eigenvalue weighted by atomic mass is 10.3. The van der Waals surface area contributed by atoms with Crippen molar-refractivity contribution in [1.29, 1.82) is 0 Å². The summed E-state index contributed by atoms with van der Waals surface area (Å²) in [6.45, 7) is 9.65. The van der Waals surface area contributed by atoms with Gasteiger partial charge in [0.1, 0.15) is 0 Å². The predicted molar refractivity (Wildman–Crippen MR) is 52.4 cm³/mol. The maximum absolute atomic E-state index is 4.48. The van der Waals surface area contributed by atoms with Gasteiger partial charge in [0.15, 0.2) is 5.96 Å². The molecule has 0 atom stereocenters. The molecule has 0 aliphatic carbocycles. The zero-order valence-electron chi connectivity index (χ0n) is 8.54. The van der Waals surface area contributed by atoms with Crippen LogP contribution in [0.15, 0.2) is 4.99 Å². The van der Waals surface area contributed by atoms with Gasteiger partial charge in [0.2, 0.25) is 0 Å². The first-order chi connectivity index (χ1) is 5.66. The molecule has 0 aromatic carbocycles. The summed E-state index contributed by atoms with van der Waals surface area (Å²) in [5.74, 6) is 1.16. The smallest absolute Gasteiger partial charge is 0.196 e. The molecular formula is C9H19N3. The minimum atomic E-state index is 0.550.